The van der Waals surface area contributed by atoms with Crippen LogP contribution in [0.15, 0.2) is 30.3 Å². The lowest BCUT2D eigenvalue weighted by Crippen LogP contribution is -2.38. The Morgan fingerprint density at radius 3 is 2.57 bits per heavy atom. The molecule has 2 atom stereocenters. The maximum atomic E-state index is 10.5. The van der Waals surface area contributed by atoms with Gasteiger partial charge in [-0.1, -0.05) is 30.3 Å². The lowest BCUT2D eigenvalue weighted by atomic mass is 9.89. The average molecular weight is 189 g/mol. The maximum Gasteiger partial charge on any atom is 0.136 e. The number of hydrogen-bond acceptors (Lipinski definition) is 2. The molecule has 14 heavy (non-hydrogen) atoms. The van der Waals surface area contributed by atoms with Crippen molar-refractivity contribution in [3.05, 3.63) is 35.9 Å². The molecule has 2 nitrogen and oxygen atoms in total. The molecule has 0 aromatic heterocycles. The van der Waals surface area contributed by atoms with Gasteiger partial charge in [0.2, 0.25) is 0 Å². The molecular formula is C12H15NO. The van der Waals surface area contributed by atoms with Gasteiger partial charge < -0.3 is 10.1 Å². The second kappa shape index (κ2) is 4.38. The topological polar surface area (TPSA) is 29.1 Å². The van der Waals surface area contributed by atoms with Crippen molar-refractivity contribution in [1.82, 2.24) is 5.32 Å². The highest BCUT2D eigenvalue weighted by atomic mass is 16.1. The Labute approximate surface area is 84.3 Å². The SMILES string of the molecule is O=CC1CCC(c2ccccc2)CN1. The molecule has 74 valence electrons. The van der Waals surface area contributed by atoms with E-state index in [1.807, 2.05) is 6.07 Å². The summed E-state index contributed by atoms with van der Waals surface area (Å²) in [6, 6.07) is 10.6. The van der Waals surface area contributed by atoms with Crippen molar-refractivity contribution in [2.24, 2.45) is 0 Å². The first-order chi connectivity index (χ1) is 6.90. The highest BCUT2D eigenvalue weighted by Crippen LogP contribution is 2.24. The van der Waals surface area contributed by atoms with Crippen LogP contribution in [0.2, 0.25) is 0 Å². The molecule has 1 aliphatic heterocycles. The monoisotopic (exact) mass is 189 g/mol. The summed E-state index contributed by atoms with van der Waals surface area (Å²) in [5, 5.41) is 3.25. The molecule has 0 radical (unpaired) electrons. The number of aldehydes is 1. The van der Waals surface area contributed by atoms with Gasteiger partial charge in [0.1, 0.15) is 6.29 Å². The fourth-order valence-corrected chi connectivity index (χ4v) is 2.00. The highest BCUT2D eigenvalue weighted by Gasteiger charge is 2.20. The predicted octanol–water partition coefficient (Wildman–Crippen LogP) is 1.72. The smallest absolute Gasteiger partial charge is 0.136 e. The number of carbonyl (C=O) groups is 1. The maximum absolute atomic E-state index is 10.5. The van der Waals surface area contributed by atoms with Gasteiger partial charge in [-0.05, 0) is 24.3 Å². The largest absolute Gasteiger partial charge is 0.307 e. The number of piperidine rings is 1. The molecule has 0 bridgehead atoms. The zero-order valence-corrected chi connectivity index (χ0v) is 8.15. The molecule has 1 N–H and O–H groups in total. The van der Waals surface area contributed by atoms with Gasteiger partial charge in [-0.15, -0.1) is 0 Å². The minimum Gasteiger partial charge on any atom is -0.307 e. The van der Waals surface area contributed by atoms with Crippen molar-refractivity contribution < 1.29 is 4.79 Å². The van der Waals surface area contributed by atoms with E-state index in [9.17, 15) is 4.79 Å². The Hall–Kier alpha value is -1.15. The summed E-state index contributed by atoms with van der Waals surface area (Å²) in [5.74, 6) is 0.576. The van der Waals surface area contributed by atoms with Crippen LogP contribution in [0.1, 0.15) is 24.3 Å². The lowest BCUT2D eigenvalue weighted by Gasteiger charge is -2.27. The van der Waals surface area contributed by atoms with Gasteiger partial charge in [0.25, 0.3) is 0 Å². The first-order valence-corrected chi connectivity index (χ1v) is 5.14. The first-order valence-electron chi connectivity index (χ1n) is 5.14. The van der Waals surface area contributed by atoms with Crippen LogP contribution >= 0.6 is 0 Å². The van der Waals surface area contributed by atoms with Crippen LogP contribution in [0.4, 0.5) is 0 Å². The summed E-state index contributed by atoms with van der Waals surface area (Å²) < 4.78 is 0. The van der Waals surface area contributed by atoms with Gasteiger partial charge in [-0.25, -0.2) is 0 Å². The Kier molecular flexibility index (Phi) is 2.94. The van der Waals surface area contributed by atoms with Crippen LogP contribution in [0.5, 0.6) is 0 Å². The van der Waals surface area contributed by atoms with Crippen molar-refractivity contribution in [3.63, 3.8) is 0 Å². The molecule has 1 heterocycles. The van der Waals surface area contributed by atoms with Gasteiger partial charge in [0.05, 0.1) is 6.04 Å². The number of benzene rings is 1. The van der Waals surface area contributed by atoms with E-state index in [2.05, 4.69) is 29.6 Å². The van der Waals surface area contributed by atoms with Gasteiger partial charge in [-0.3, -0.25) is 0 Å². The fraction of sp³-hybridized carbons (Fsp3) is 0.417. The third-order valence-electron chi connectivity index (χ3n) is 2.89. The van der Waals surface area contributed by atoms with Crippen LogP contribution in [-0.4, -0.2) is 18.9 Å². The zero-order valence-electron chi connectivity index (χ0n) is 8.15. The summed E-state index contributed by atoms with van der Waals surface area (Å²) in [5.41, 5.74) is 1.38. The summed E-state index contributed by atoms with van der Waals surface area (Å²) in [4.78, 5) is 10.5. The molecule has 1 aromatic carbocycles. The van der Waals surface area contributed by atoms with Crippen LogP contribution in [0, 0.1) is 0 Å². The molecule has 1 aromatic rings. The Morgan fingerprint density at radius 1 is 1.21 bits per heavy atom. The molecular weight excluding hydrogens is 174 g/mol. The molecule has 0 amide bonds. The number of rotatable bonds is 2. The van der Waals surface area contributed by atoms with Crippen molar-refractivity contribution in [3.8, 4) is 0 Å². The first kappa shape index (κ1) is 9.41. The Bertz CT molecular complexity index is 288. The van der Waals surface area contributed by atoms with E-state index >= 15 is 0 Å². The fourth-order valence-electron chi connectivity index (χ4n) is 2.00. The zero-order chi connectivity index (χ0) is 9.80. The number of hydrogen-bond donors (Lipinski definition) is 1. The van der Waals surface area contributed by atoms with E-state index in [1.165, 1.54) is 5.56 Å². The van der Waals surface area contributed by atoms with E-state index in [0.29, 0.717) is 5.92 Å². The molecule has 0 saturated carbocycles. The molecule has 0 spiro atoms. The summed E-state index contributed by atoms with van der Waals surface area (Å²) >= 11 is 0. The molecule has 0 aliphatic carbocycles. The van der Waals surface area contributed by atoms with E-state index in [4.69, 9.17) is 0 Å². The van der Waals surface area contributed by atoms with Crippen LogP contribution in [0.3, 0.4) is 0 Å². The molecule has 1 fully saturated rings. The van der Waals surface area contributed by atoms with Crippen molar-refractivity contribution in [2.45, 2.75) is 24.8 Å². The molecule has 2 unspecified atom stereocenters. The van der Waals surface area contributed by atoms with E-state index < -0.39 is 0 Å². The number of nitrogens with one attached hydrogen (secondary N) is 1. The average Bonchev–Trinajstić information content (AvgIpc) is 2.30. The molecule has 2 heteroatoms. The molecule has 1 aliphatic rings. The van der Waals surface area contributed by atoms with E-state index in [0.717, 1.165) is 25.7 Å². The molecule has 1 saturated heterocycles. The predicted molar refractivity (Wildman–Crippen MR) is 56.3 cm³/mol. The van der Waals surface area contributed by atoms with Crippen molar-refractivity contribution in [2.75, 3.05) is 6.54 Å². The van der Waals surface area contributed by atoms with Gasteiger partial charge in [0, 0.05) is 6.54 Å². The van der Waals surface area contributed by atoms with Crippen LogP contribution in [0.25, 0.3) is 0 Å². The van der Waals surface area contributed by atoms with Gasteiger partial charge in [0.15, 0.2) is 0 Å². The van der Waals surface area contributed by atoms with E-state index in [-0.39, 0.29) is 6.04 Å². The minimum absolute atomic E-state index is 0.0787. The van der Waals surface area contributed by atoms with E-state index in [1.54, 1.807) is 0 Å². The number of carbonyl (C=O) groups excluding carboxylic acids is 1. The second-order valence-corrected chi connectivity index (χ2v) is 3.84. The summed E-state index contributed by atoms with van der Waals surface area (Å²) in [6.07, 6.45) is 3.09. The quantitative estimate of drug-likeness (QED) is 0.718. The summed E-state index contributed by atoms with van der Waals surface area (Å²) in [6.45, 7) is 0.924. The van der Waals surface area contributed by atoms with Gasteiger partial charge in [-0.2, -0.15) is 0 Å². The normalized spacial score (nSPS) is 27.1. The minimum atomic E-state index is 0.0787. The second-order valence-electron chi connectivity index (χ2n) is 3.84. The summed E-state index contributed by atoms with van der Waals surface area (Å²) in [7, 11) is 0. The van der Waals surface area contributed by atoms with Gasteiger partial charge >= 0.3 is 0 Å². The third-order valence-corrected chi connectivity index (χ3v) is 2.89. The molecule has 2 rings (SSSR count). The third kappa shape index (κ3) is 2.02. The van der Waals surface area contributed by atoms with Crippen molar-refractivity contribution in [1.29, 1.82) is 0 Å². The van der Waals surface area contributed by atoms with Crippen molar-refractivity contribution >= 4 is 6.29 Å². The Morgan fingerprint density at radius 2 is 2.00 bits per heavy atom. The standard InChI is InChI=1S/C12H15NO/c14-9-12-7-6-11(8-13-12)10-4-2-1-3-5-10/h1-5,9,11-13H,6-8H2. The van der Waals surface area contributed by atoms with Crippen LogP contribution < -0.4 is 5.32 Å². The Balaban J connectivity index is 1.99. The lowest BCUT2D eigenvalue weighted by molar-refractivity contribution is -0.110. The highest BCUT2D eigenvalue weighted by molar-refractivity contribution is 5.57. The van der Waals surface area contributed by atoms with Crippen LogP contribution in [-0.2, 0) is 4.79 Å².